The molecule has 1 aromatic heterocycles. The van der Waals surface area contributed by atoms with Gasteiger partial charge in [0.15, 0.2) is 0 Å². The van der Waals surface area contributed by atoms with Gasteiger partial charge in [0.1, 0.15) is 5.82 Å². The summed E-state index contributed by atoms with van der Waals surface area (Å²) in [6.07, 6.45) is 4.75. The zero-order valence-electron chi connectivity index (χ0n) is 12.8. The summed E-state index contributed by atoms with van der Waals surface area (Å²) in [5.41, 5.74) is 2.68. The molecule has 116 valence electrons. The number of nitrogens with zero attached hydrogens (tertiary/aromatic N) is 2. The normalized spacial score (nSPS) is 21.4. The van der Waals surface area contributed by atoms with Crippen LogP contribution in [0.3, 0.4) is 0 Å². The van der Waals surface area contributed by atoms with E-state index < -0.39 is 0 Å². The molecule has 5 heteroatoms. The van der Waals surface area contributed by atoms with Gasteiger partial charge in [-0.3, -0.25) is 4.79 Å². The number of aromatic nitrogens is 2. The standard InChI is InChI=1S/C17H21N3O2/c1-20-15-7-6-12(9-14(15)19-16(20)11-4-5-11)17(21)18-10-13-3-2-8-22-13/h6-7,9,11,13H,2-5,8,10H2,1H3,(H,18,21). The average molecular weight is 299 g/mol. The van der Waals surface area contributed by atoms with E-state index in [1.54, 1.807) is 0 Å². The summed E-state index contributed by atoms with van der Waals surface area (Å²) in [5, 5.41) is 2.96. The summed E-state index contributed by atoms with van der Waals surface area (Å²) in [6.45, 7) is 1.40. The molecule has 22 heavy (non-hydrogen) atoms. The summed E-state index contributed by atoms with van der Waals surface area (Å²) < 4.78 is 7.69. The molecule has 2 aliphatic rings. The van der Waals surface area contributed by atoms with Gasteiger partial charge in [0.25, 0.3) is 5.91 Å². The number of nitrogens with one attached hydrogen (secondary N) is 1. The first-order valence-electron chi connectivity index (χ1n) is 8.08. The van der Waals surface area contributed by atoms with E-state index in [9.17, 15) is 4.79 Å². The Morgan fingerprint density at radius 2 is 2.27 bits per heavy atom. The molecule has 1 amide bonds. The third-order valence-corrected chi connectivity index (χ3v) is 4.63. The van der Waals surface area contributed by atoms with Crippen molar-refractivity contribution in [2.24, 2.45) is 7.05 Å². The van der Waals surface area contributed by atoms with Gasteiger partial charge in [-0.2, -0.15) is 0 Å². The molecule has 2 aromatic rings. The summed E-state index contributed by atoms with van der Waals surface area (Å²) in [7, 11) is 2.06. The Bertz CT molecular complexity index is 712. The predicted molar refractivity (Wildman–Crippen MR) is 84.0 cm³/mol. The molecule has 1 atom stereocenters. The highest BCUT2D eigenvalue weighted by Crippen LogP contribution is 2.40. The van der Waals surface area contributed by atoms with Gasteiger partial charge in [-0.25, -0.2) is 4.98 Å². The lowest BCUT2D eigenvalue weighted by Gasteiger charge is -2.10. The maximum absolute atomic E-state index is 12.3. The van der Waals surface area contributed by atoms with E-state index in [0.717, 1.165) is 36.3 Å². The number of carbonyl (C=O) groups is 1. The van der Waals surface area contributed by atoms with E-state index >= 15 is 0 Å². The molecular weight excluding hydrogens is 278 g/mol. The molecule has 1 aliphatic carbocycles. The quantitative estimate of drug-likeness (QED) is 0.943. The lowest BCUT2D eigenvalue weighted by molar-refractivity contribution is 0.0858. The molecule has 1 aromatic carbocycles. The topological polar surface area (TPSA) is 56.2 Å². The number of fused-ring (bicyclic) bond motifs is 1. The molecular formula is C17H21N3O2. The molecule has 1 saturated carbocycles. The first-order chi connectivity index (χ1) is 10.7. The molecule has 5 nitrogen and oxygen atoms in total. The molecule has 1 unspecified atom stereocenters. The number of hydrogen-bond acceptors (Lipinski definition) is 3. The number of amides is 1. The summed E-state index contributed by atoms with van der Waals surface area (Å²) in [6, 6.07) is 5.77. The van der Waals surface area contributed by atoms with E-state index in [1.807, 2.05) is 18.2 Å². The van der Waals surface area contributed by atoms with Crippen LogP contribution in [0.4, 0.5) is 0 Å². The van der Waals surface area contributed by atoms with Crippen LogP contribution < -0.4 is 5.32 Å². The van der Waals surface area contributed by atoms with Crippen LogP contribution in [-0.4, -0.2) is 34.7 Å². The molecule has 1 aliphatic heterocycles. The second-order valence-corrected chi connectivity index (χ2v) is 6.35. The number of carbonyl (C=O) groups excluding carboxylic acids is 1. The van der Waals surface area contributed by atoms with Crippen molar-refractivity contribution in [2.45, 2.75) is 37.7 Å². The highest BCUT2D eigenvalue weighted by atomic mass is 16.5. The van der Waals surface area contributed by atoms with Crippen LogP contribution in [0.5, 0.6) is 0 Å². The van der Waals surface area contributed by atoms with E-state index in [4.69, 9.17) is 9.72 Å². The Labute approximate surface area is 129 Å². The second-order valence-electron chi connectivity index (χ2n) is 6.35. The highest BCUT2D eigenvalue weighted by molar-refractivity contribution is 5.97. The Hall–Kier alpha value is -1.88. The largest absolute Gasteiger partial charge is 0.376 e. The first kappa shape index (κ1) is 13.8. The van der Waals surface area contributed by atoms with Crippen molar-refractivity contribution in [3.05, 3.63) is 29.6 Å². The Morgan fingerprint density at radius 3 is 3.00 bits per heavy atom. The van der Waals surface area contributed by atoms with Crippen LogP contribution in [0.15, 0.2) is 18.2 Å². The van der Waals surface area contributed by atoms with Gasteiger partial charge in [0.05, 0.1) is 17.1 Å². The van der Waals surface area contributed by atoms with Crippen molar-refractivity contribution < 1.29 is 9.53 Å². The van der Waals surface area contributed by atoms with Gasteiger partial charge in [-0.15, -0.1) is 0 Å². The van der Waals surface area contributed by atoms with Gasteiger partial charge >= 0.3 is 0 Å². The fraction of sp³-hybridized carbons (Fsp3) is 0.529. The van der Waals surface area contributed by atoms with Crippen LogP contribution in [0.25, 0.3) is 11.0 Å². The van der Waals surface area contributed by atoms with Crippen molar-refractivity contribution >= 4 is 16.9 Å². The Balaban J connectivity index is 1.52. The van der Waals surface area contributed by atoms with Crippen molar-refractivity contribution in [3.63, 3.8) is 0 Å². The molecule has 2 heterocycles. The average Bonchev–Trinajstić information content (AvgIpc) is 3.13. The fourth-order valence-corrected chi connectivity index (χ4v) is 3.18. The minimum Gasteiger partial charge on any atom is -0.376 e. The third kappa shape index (κ3) is 2.50. The van der Waals surface area contributed by atoms with Crippen LogP contribution in [0, 0.1) is 0 Å². The minimum atomic E-state index is -0.0453. The van der Waals surface area contributed by atoms with Crippen molar-refractivity contribution in [2.75, 3.05) is 13.2 Å². The number of hydrogen-bond donors (Lipinski definition) is 1. The molecule has 2 fully saturated rings. The Morgan fingerprint density at radius 1 is 1.41 bits per heavy atom. The molecule has 0 bridgehead atoms. The molecule has 4 rings (SSSR count). The lowest BCUT2D eigenvalue weighted by atomic mass is 10.1. The van der Waals surface area contributed by atoms with Gasteiger partial charge in [0, 0.05) is 31.7 Å². The molecule has 1 saturated heterocycles. The number of rotatable bonds is 4. The maximum atomic E-state index is 12.3. The lowest BCUT2D eigenvalue weighted by Crippen LogP contribution is -2.31. The summed E-state index contributed by atoms with van der Waals surface area (Å²) >= 11 is 0. The van der Waals surface area contributed by atoms with Crippen molar-refractivity contribution in [1.29, 1.82) is 0 Å². The van der Waals surface area contributed by atoms with Gasteiger partial charge in [-0.05, 0) is 43.9 Å². The fourth-order valence-electron chi connectivity index (χ4n) is 3.18. The SMILES string of the molecule is Cn1c(C2CC2)nc2cc(C(=O)NCC3CCCO3)ccc21. The van der Waals surface area contributed by atoms with E-state index in [0.29, 0.717) is 18.0 Å². The third-order valence-electron chi connectivity index (χ3n) is 4.63. The number of aryl methyl sites for hydroxylation is 1. The van der Waals surface area contributed by atoms with E-state index in [2.05, 4.69) is 16.9 Å². The van der Waals surface area contributed by atoms with Crippen molar-refractivity contribution in [1.82, 2.24) is 14.9 Å². The van der Waals surface area contributed by atoms with Gasteiger partial charge in [0.2, 0.25) is 0 Å². The minimum absolute atomic E-state index is 0.0453. The smallest absolute Gasteiger partial charge is 0.251 e. The van der Waals surface area contributed by atoms with E-state index in [-0.39, 0.29) is 12.0 Å². The monoisotopic (exact) mass is 299 g/mol. The van der Waals surface area contributed by atoms with Gasteiger partial charge in [-0.1, -0.05) is 0 Å². The molecule has 1 N–H and O–H groups in total. The van der Waals surface area contributed by atoms with Crippen LogP contribution in [0.1, 0.15) is 47.8 Å². The highest BCUT2D eigenvalue weighted by Gasteiger charge is 2.28. The number of benzene rings is 1. The van der Waals surface area contributed by atoms with Gasteiger partial charge < -0.3 is 14.6 Å². The zero-order valence-corrected chi connectivity index (χ0v) is 12.8. The number of imidazole rings is 1. The van der Waals surface area contributed by atoms with Crippen LogP contribution >= 0.6 is 0 Å². The summed E-state index contributed by atoms with van der Waals surface area (Å²) in [5.74, 6) is 1.71. The Kier molecular flexibility index (Phi) is 3.37. The predicted octanol–water partition coefficient (Wildman–Crippen LogP) is 2.36. The van der Waals surface area contributed by atoms with E-state index in [1.165, 1.54) is 12.8 Å². The maximum Gasteiger partial charge on any atom is 0.251 e. The second kappa shape index (κ2) is 5.39. The molecule has 0 spiro atoms. The first-order valence-corrected chi connectivity index (χ1v) is 8.08. The van der Waals surface area contributed by atoms with Crippen LogP contribution in [0.2, 0.25) is 0 Å². The number of ether oxygens (including phenoxy) is 1. The zero-order chi connectivity index (χ0) is 15.1. The van der Waals surface area contributed by atoms with Crippen LogP contribution in [-0.2, 0) is 11.8 Å². The van der Waals surface area contributed by atoms with Crippen molar-refractivity contribution in [3.8, 4) is 0 Å². The molecule has 0 radical (unpaired) electrons. The summed E-state index contributed by atoms with van der Waals surface area (Å²) in [4.78, 5) is 17.0.